The maximum Gasteiger partial charge on any atom is 0.286 e. The van der Waals surface area contributed by atoms with E-state index >= 15 is 0 Å². The molecule has 0 radical (unpaired) electrons. The standard InChI is InChI=1S/C21H15Cl2NO3S/c22-14-7-5-13(17(23)9-14)11-27-18-8-6-12-3-1-2-4-15(12)16(18)10-19-20(25)24-21(26)28-19/h1-9,19H,10-11H2,(H,24,25,26). The molecule has 0 aromatic heterocycles. The van der Waals surface area contributed by atoms with Crippen LogP contribution in [0.25, 0.3) is 10.8 Å². The molecule has 4 nitrogen and oxygen atoms in total. The SMILES string of the molecule is O=C1NC(=O)C(Cc2c(OCc3ccc(Cl)cc3Cl)ccc3ccccc23)S1. The zero-order valence-electron chi connectivity index (χ0n) is 14.6. The Labute approximate surface area is 176 Å². The van der Waals surface area contributed by atoms with Gasteiger partial charge in [0.05, 0.1) is 5.25 Å². The summed E-state index contributed by atoms with van der Waals surface area (Å²) in [6.45, 7) is 0.268. The summed E-state index contributed by atoms with van der Waals surface area (Å²) in [4.78, 5) is 23.6. The summed E-state index contributed by atoms with van der Waals surface area (Å²) in [5, 5.41) is 4.69. The number of hydrogen-bond acceptors (Lipinski definition) is 4. The molecule has 28 heavy (non-hydrogen) atoms. The van der Waals surface area contributed by atoms with Gasteiger partial charge >= 0.3 is 0 Å². The molecule has 1 aliphatic heterocycles. The Morgan fingerprint density at radius 1 is 1.04 bits per heavy atom. The second kappa shape index (κ2) is 8.03. The van der Waals surface area contributed by atoms with Gasteiger partial charge in [0.1, 0.15) is 12.4 Å². The number of rotatable bonds is 5. The molecular weight excluding hydrogens is 417 g/mol. The maximum absolute atomic E-state index is 12.1. The van der Waals surface area contributed by atoms with Crippen LogP contribution in [0.5, 0.6) is 5.75 Å². The van der Waals surface area contributed by atoms with Crippen LogP contribution in [0, 0.1) is 0 Å². The minimum atomic E-state index is -0.472. The van der Waals surface area contributed by atoms with Crippen molar-refractivity contribution >= 4 is 56.9 Å². The number of nitrogens with one attached hydrogen (secondary N) is 1. The van der Waals surface area contributed by atoms with E-state index in [1.165, 1.54) is 0 Å². The van der Waals surface area contributed by atoms with Crippen molar-refractivity contribution in [3.05, 3.63) is 75.8 Å². The Morgan fingerprint density at radius 3 is 2.61 bits per heavy atom. The number of fused-ring (bicyclic) bond motifs is 1. The highest BCUT2D eigenvalue weighted by molar-refractivity contribution is 8.15. The largest absolute Gasteiger partial charge is 0.489 e. The molecule has 3 aromatic carbocycles. The third-order valence-electron chi connectivity index (χ3n) is 4.55. The van der Waals surface area contributed by atoms with Crippen molar-refractivity contribution in [1.82, 2.24) is 5.32 Å². The van der Waals surface area contributed by atoms with E-state index in [2.05, 4.69) is 5.32 Å². The van der Waals surface area contributed by atoms with Crippen molar-refractivity contribution in [3.8, 4) is 5.75 Å². The molecule has 0 saturated carbocycles. The molecule has 4 rings (SSSR count). The van der Waals surface area contributed by atoms with Crippen LogP contribution in [0.1, 0.15) is 11.1 Å². The van der Waals surface area contributed by atoms with Crippen molar-refractivity contribution in [2.75, 3.05) is 0 Å². The van der Waals surface area contributed by atoms with Crippen LogP contribution in [-0.4, -0.2) is 16.4 Å². The van der Waals surface area contributed by atoms with Gasteiger partial charge in [-0.25, -0.2) is 0 Å². The Hall–Kier alpha value is -2.21. The van der Waals surface area contributed by atoms with Crippen LogP contribution in [-0.2, 0) is 17.8 Å². The molecule has 142 valence electrons. The van der Waals surface area contributed by atoms with Gasteiger partial charge in [0.15, 0.2) is 0 Å². The van der Waals surface area contributed by atoms with Crippen molar-refractivity contribution in [1.29, 1.82) is 0 Å². The van der Waals surface area contributed by atoms with Gasteiger partial charge in [0.2, 0.25) is 5.91 Å². The molecule has 1 fully saturated rings. The van der Waals surface area contributed by atoms with Crippen LogP contribution in [0.4, 0.5) is 4.79 Å². The van der Waals surface area contributed by atoms with Gasteiger partial charge in [-0.3, -0.25) is 14.9 Å². The van der Waals surface area contributed by atoms with Crippen LogP contribution in [0.2, 0.25) is 10.0 Å². The first kappa shape index (κ1) is 19.1. The smallest absolute Gasteiger partial charge is 0.286 e. The third kappa shape index (κ3) is 3.97. The second-order valence-corrected chi connectivity index (χ2v) is 8.39. The summed E-state index contributed by atoms with van der Waals surface area (Å²) in [6, 6.07) is 17.0. The van der Waals surface area contributed by atoms with Crippen molar-refractivity contribution in [2.45, 2.75) is 18.3 Å². The Balaban J connectivity index is 1.67. The molecule has 0 aliphatic carbocycles. The molecule has 1 N–H and O–H groups in total. The second-order valence-electron chi connectivity index (χ2n) is 6.38. The number of amides is 2. The van der Waals surface area contributed by atoms with E-state index in [4.69, 9.17) is 27.9 Å². The highest BCUT2D eigenvalue weighted by Gasteiger charge is 2.32. The van der Waals surface area contributed by atoms with Crippen LogP contribution in [0.3, 0.4) is 0 Å². The summed E-state index contributed by atoms with van der Waals surface area (Å²) in [7, 11) is 0. The highest BCUT2D eigenvalue weighted by atomic mass is 35.5. The third-order valence-corrected chi connectivity index (χ3v) is 6.12. The summed E-state index contributed by atoms with van der Waals surface area (Å²) < 4.78 is 6.07. The molecular formula is C21H15Cl2NO3S. The molecule has 1 saturated heterocycles. The fourth-order valence-electron chi connectivity index (χ4n) is 3.17. The van der Waals surface area contributed by atoms with Gasteiger partial charge in [-0.05, 0) is 35.4 Å². The average molecular weight is 432 g/mol. The van der Waals surface area contributed by atoms with Gasteiger partial charge in [-0.15, -0.1) is 0 Å². The van der Waals surface area contributed by atoms with Crippen molar-refractivity contribution in [2.24, 2.45) is 0 Å². The lowest BCUT2D eigenvalue weighted by Crippen LogP contribution is -2.25. The van der Waals surface area contributed by atoms with E-state index in [-0.39, 0.29) is 17.8 Å². The summed E-state index contributed by atoms with van der Waals surface area (Å²) in [5.41, 5.74) is 1.71. The predicted molar refractivity (Wildman–Crippen MR) is 113 cm³/mol. The van der Waals surface area contributed by atoms with E-state index in [1.54, 1.807) is 12.1 Å². The van der Waals surface area contributed by atoms with Crippen molar-refractivity contribution in [3.63, 3.8) is 0 Å². The van der Waals surface area contributed by atoms with Gasteiger partial charge in [-0.1, -0.05) is 71.4 Å². The predicted octanol–water partition coefficient (Wildman–Crippen LogP) is 5.62. The number of thioether (sulfide) groups is 1. The number of carbonyl (C=O) groups is 2. The van der Waals surface area contributed by atoms with Gasteiger partial charge in [0.25, 0.3) is 5.24 Å². The fraction of sp³-hybridized carbons (Fsp3) is 0.143. The molecule has 0 spiro atoms. The zero-order valence-corrected chi connectivity index (χ0v) is 16.9. The average Bonchev–Trinajstić information content (AvgIpc) is 2.99. The van der Waals surface area contributed by atoms with E-state index in [9.17, 15) is 9.59 Å². The number of hydrogen-bond donors (Lipinski definition) is 1. The number of benzene rings is 3. The van der Waals surface area contributed by atoms with Crippen molar-refractivity contribution < 1.29 is 14.3 Å². The highest BCUT2D eigenvalue weighted by Crippen LogP contribution is 2.34. The first-order valence-corrected chi connectivity index (χ1v) is 10.2. The normalized spacial score (nSPS) is 16.4. The molecule has 1 heterocycles. The van der Waals surface area contributed by atoms with Gasteiger partial charge < -0.3 is 4.74 Å². The molecule has 1 aliphatic rings. The molecule has 7 heteroatoms. The number of carbonyl (C=O) groups excluding carboxylic acids is 2. The van der Waals surface area contributed by atoms with Gasteiger partial charge in [0, 0.05) is 21.2 Å². The van der Waals surface area contributed by atoms with Gasteiger partial charge in [-0.2, -0.15) is 0 Å². The molecule has 1 unspecified atom stereocenters. The number of halogens is 2. The Morgan fingerprint density at radius 2 is 1.86 bits per heavy atom. The Bertz CT molecular complexity index is 1090. The van der Waals surface area contributed by atoms with Crippen LogP contribution < -0.4 is 10.1 Å². The minimum Gasteiger partial charge on any atom is -0.489 e. The number of imide groups is 1. The molecule has 3 aromatic rings. The number of ether oxygens (including phenoxy) is 1. The summed E-state index contributed by atoms with van der Waals surface area (Å²) in [5.74, 6) is 0.395. The quantitative estimate of drug-likeness (QED) is 0.569. The lowest BCUT2D eigenvalue weighted by atomic mass is 9.99. The maximum atomic E-state index is 12.1. The fourth-order valence-corrected chi connectivity index (χ4v) is 4.47. The van der Waals surface area contributed by atoms with E-state index in [0.29, 0.717) is 22.2 Å². The first-order chi connectivity index (χ1) is 13.5. The van der Waals surface area contributed by atoms with E-state index < -0.39 is 5.25 Å². The summed E-state index contributed by atoms with van der Waals surface area (Å²) in [6.07, 6.45) is 0.396. The Kier molecular flexibility index (Phi) is 5.49. The lowest BCUT2D eigenvalue weighted by molar-refractivity contribution is -0.118. The van der Waals surface area contributed by atoms with E-state index in [0.717, 1.165) is 33.7 Å². The van der Waals surface area contributed by atoms with Crippen LogP contribution >= 0.6 is 35.0 Å². The summed E-state index contributed by atoms with van der Waals surface area (Å²) >= 11 is 13.2. The van der Waals surface area contributed by atoms with Crippen LogP contribution in [0.15, 0.2) is 54.6 Å². The molecule has 2 amide bonds. The lowest BCUT2D eigenvalue weighted by Gasteiger charge is -2.16. The topological polar surface area (TPSA) is 55.4 Å². The zero-order chi connectivity index (χ0) is 19.7. The monoisotopic (exact) mass is 431 g/mol. The molecule has 0 bridgehead atoms. The minimum absolute atomic E-state index is 0.268. The molecule has 1 atom stereocenters. The van der Waals surface area contributed by atoms with E-state index in [1.807, 2.05) is 42.5 Å². The first-order valence-electron chi connectivity index (χ1n) is 8.60.